The van der Waals surface area contributed by atoms with Gasteiger partial charge in [0.15, 0.2) is 5.58 Å². The molecule has 13 heteroatoms. The number of nitrogens with one attached hydrogen (secondary N) is 3. The second kappa shape index (κ2) is 8.16. The van der Waals surface area contributed by atoms with E-state index < -0.39 is 6.04 Å². The molecular weight excluding hydrogens is 498 g/mol. The summed E-state index contributed by atoms with van der Waals surface area (Å²) in [5, 5.41) is 21.5. The van der Waals surface area contributed by atoms with Crippen LogP contribution in [0, 0.1) is 0 Å². The number of carbonyl (C=O) groups is 1. The zero-order valence-electron chi connectivity index (χ0n) is 16.8. The molecule has 32 heavy (non-hydrogen) atoms. The number of rotatable bonds is 4. The van der Waals surface area contributed by atoms with E-state index in [-0.39, 0.29) is 11.9 Å². The largest absolute Gasteiger partial charge is 0.423 e. The zero-order chi connectivity index (χ0) is 22.2. The molecule has 1 aromatic carbocycles. The molecule has 3 N–H and O–H groups in total. The topological polar surface area (TPSA) is 135 Å². The number of carbonyl (C=O) groups excluding carboxylic acids is 1. The first kappa shape index (κ1) is 20.3. The van der Waals surface area contributed by atoms with E-state index in [0.29, 0.717) is 33.6 Å². The molecule has 1 unspecified atom stereocenters. The van der Waals surface area contributed by atoms with Gasteiger partial charge in [0.2, 0.25) is 11.1 Å². The number of anilines is 2. The Bertz CT molecular complexity index is 1340. The van der Waals surface area contributed by atoms with Crippen molar-refractivity contribution in [3.63, 3.8) is 0 Å². The van der Waals surface area contributed by atoms with Crippen molar-refractivity contribution < 1.29 is 9.21 Å². The van der Waals surface area contributed by atoms with Crippen molar-refractivity contribution in [2.24, 2.45) is 12.0 Å². The summed E-state index contributed by atoms with van der Waals surface area (Å²) in [6, 6.07) is 7.04. The Morgan fingerprint density at radius 2 is 2.19 bits per heavy atom. The normalized spacial score (nSPS) is 16.1. The lowest BCUT2D eigenvalue weighted by molar-refractivity contribution is -0.113. The Morgan fingerprint density at radius 3 is 2.91 bits per heavy atom. The molecule has 0 saturated heterocycles. The third kappa shape index (κ3) is 3.87. The highest BCUT2D eigenvalue weighted by Crippen LogP contribution is 2.34. The maximum Gasteiger partial charge on any atom is 0.302 e. The average Bonchev–Trinajstić information content (AvgIpc) is 3.47. The van der Waals surface area contributed by atoms with Crippen LogP contribution in [-0.2, 0) is 11.8 Å². The van der Waals surface area contributed by atoms with Gasteiger partial charge >= 0.3 is 6.01 Å². The molecule has 1 aliphatic rings. The molecule has 0 radical (unpaired) electrons. The summed E-state index contributed by atoms with van der Waals surface area (Å²) >= 11 is 4.75. The molecule has 11 nitrogen and oxygen atoms in total. The molecule has 4 aromatic rings. The predicted molar refractivity (Wildman–Crippen MR) is 123 cm³/mol. The number of aromatic nitrogens is 5. The Balaban J connectivity index is 1.50. The van der Waals surface area contributed by atoms with Crippen molar-refractivity contribution in [2.75, 3.05) is 10.6 Å². The number of aryl methyl sites for hydroxylation is 1. The lowest BCUT2D eigenvalue weighted by atomic mass is 10.0. The number of aliphatic imine (C=N–C) groups is 1. The van der Waals surface area contributed by atoms with E-state index in [9.17, 15) is 4.79 Å². The van der Waals surface area contributed by atoms with Crippen LogP contribution < -0.4 is 16.0 Å². The minimum absolute atomic E-state index is 0.283. The van der Waals surface area contributed by atoms with Crippen molar-refractivity contribution in [1.82, 2.24) is 30.3 Å². The van der Waals surface area contributed by atoms with Crippen molar-refractivity contribution in [3.05, 3.63) is 57.4 Å². The van der Waals surface area contributed by atoms with E-state index in [2.05, 4.69) is 52.2 Å². The molecule has 0 spiro atoms. The Labute approximate surface area is 193 Å². The molecule has 1 amide bonds. The van der Waals surface area contributed by atoms with Crippen LogP contribution in [0.15, 0.2) is 61.1 Å². The molecule has 0 aliphatic carbocycles. The monoisotopic (exact) mass is 513 g/mol. The number of guanidine groups is 1. The summed E-state index contributed by atoms with van der Waals surface area (Å²) in [6.45, 7) is 1.79. The van der Waals surface area contributed by atoms with Crippen LogP contribution in [0.3, 0.4) is 0 Å². The molecule has 1 atom stereocenters. The fourth-order valence-electron chi connectivity index (χ4n) is 3.31. The van der Waals surface area contributed by atoms with Crippen LogP contribution in [0.1, 0.15) is 18.7 Å². The number of fused-ring (bicyclic) bond motifs is 1. The first-order valence-corrected chi connectivity index (χ1v) is 11.1. The number of amides is 1. The number of benzene rings is 1. The van der Waals surface area contributed by atoms with Gasteiger partial charge in [0, 0.05) is 18.9 Å². The highest BCUT2D eigenvalue weighted by molar-refractivity contribution is 9.10. The predicted octanol–water partition coefficient (Wildman–Crippen LogP) is 3.20. The smallest absolute Gasteiger partial charge is 0.302 e. The Morgan fingerprint density at radius 1 is 1.34 bits per heavy atom. The lowest BCUT2D eigenvalue weighted by Gasteiger charge is -2.25. The van der Waals surface area contributed by atoms with Crippen LogP contribution in [-0.4, -0.2) is 36.8 Å². The van der Waals surface area contributed by atoms with E-state index >= 15 is 0 Å². The third-order valence-corrected chi connectivity index (χ3v) is 5.87. The summed E-state index contributed by atoms with van der Waals surface area (Å²) in [5.74, 6) is 0.0306. The minimum Gasteiger partial charge on any atom is -0.423 e. The fourth-order valence-corrected chi connectivity index (χ4v) is 4.35. The van der Waals surface area contributed by atoms with E-state index in [1.807, 2.05) is 24.3 Å². The summed E-state index contributed by atoms with van der Waals surface area (Å²) in [6.07, 6.45) is 1.80. The quantitative estimate of drug-likeness (QED) is 0.378. The third-order valence-electron chi connectivity index (χ3n) is 4.66. The van der Waals surface area contributed by atoms with E-state index in [1.165, 1.54) is 11.3 Å². The number of nitrogens with zero attached hydrogens (tertiary/aromatic N) is 6. The summed E-state index contributed by atoms with van der Waals surface area (Å²) in [4.78, 5) is 22.2. The molecular formula is C19H16BrN9O2S. The van der Waals surface area contributed by atoms with Crippen LogP contribution >= 0.6 is 27.3 Å². The van der Waals surface area contributed by atoms with Gasteiger partial charge < -0.3 is 9.73 Å². The Kier molecular flexibility index (Phi) is 5.19. The lowest BCUT2D eigenvalue weighted by Crippen LogP contribution is -2.37. The van der Waals surface area contributed by atoms with Crippen LogP contribution in [0.5, 0.6) is 0 Å². The molecule has 0 fully saturated rings. The van der Waals surface area contributed by atoms with E-state index in [4.69, 9.17) is 9.41 Å². The summed E-state index contributed by atoms with van der Waals surface area (Å²) in [7, 11) is 1.80. The minimum atomic E-state index is -0.688. The summed E-state index contributed by atoms with van der Waals surface area (Å²) < 4.78 is 8.12. The van der Waals surface area contributed by atoms with Crippen molar-refractivity contribution in [2.45, 2.75) is 13.0 Å². The zero-order valence-corrected chi connectivity index (χ0v) is 19.2. The van der Waals surface area contributed by atoms with Gasteiger partial charge in [-0.05, 0) is 35.0 Å². The van der Waals surface area contributed by atoms with Gasteiger partial charge in [0.1, 0.15) is 22.8 Å². The van der Waals surface area contributed by atoms with Crippen molar-refractivity contribution in [1.29, 1.82) is 0 Å². The Hall–Kier alpha value is -3.58. The van der Waals surface area contributed by atoms with E-state index in [0.717, 1.165) is 9.99 Å². The van der Waals surface area contributed by atoms with Crippen LogP contribution in [0.25, 0.3) is 11.1 Å². The van der Waals surface area contributed by atoms with E-state index in [1.54, 1.807) is 30.4 Å². The maximum atomic E-state index is 13.1. The molecule has 162 valence electrons. The number of para-hydroxylation sites is 2. The molecule has 0 saturated carbocycles. The van der Waals surface area contributed by atoms with Crippen molar-refractivity contribution >= 4 is 61.4 Å². The standard InChI is InChI=1S/C19H16BrN9O2S/c1-9-13(16(30)25-19-27-21-8-32-19)15(14-10(20)7-29(2)28-14)24-17(22-9)26-18-23-11-5-3-4-6-12(11)31-18/h3-8,15H,1-2H3,(H,25,27,30)(H2,22,23,24,26). The van der Waals surface area contributed by atoms with Gasteiger partial charge in [-0.25, -0.2) is 4.99 Å². The van der Waals surface area contributed by atoms with Crippen molar-refractivity contribution in [3.8, 4) is 0 Å². The molecule has 5 rings (SSSR count). The maximum absolute atomic E-state index is 13.1. The first-order valence-electron chi connectivity index (χ1n) is 9.42. The molecule has 1 aliphatic heterocycles. The second-order valence-electron chi connectivity index (χ2n) is 6.89. The van der Waals surface area contributed by atoms with Crippen LogP contribution in [0.2, 0.25) is 0 Å². The van der Waals surface area contributed by atoms with Gasteiger partial charge in [0.25, 0.3) is 5.91 Å². The van der Waals surface area contributed by atoms with Gasteiger partial charge in [0.05, 0.1) is 10.0 Å². The first-order chi connectivity index (χ1) is 15.5. The fraction of sp³-hybridized carbons (Fsp3) is 0.158. The van der Waals surface area contributed by atoms with Crippen LogP contribution in [0.4, 0.5) is 11.1 Å². The number of oxazole rings is 1. The number of halogens is 1. The SMILES string of the molecule is CC1=C(C(=O)Nc2nncs2)C(c2nn(C)cc2Br)N=C(Nc2nc3ccccc3o2)N1. The number of hydrogen-bond donors (Lipinski definition) is 3. The van der Waals surface area contributed by atoms with Gasteiger partial charge in [-0.15, -0.1) is 10.2 Å². The van der Waals surface area contributed by atoms with Gasteiger partial charge in [-0.3, -0.25) is 20.1 Å². The second-order valence-corrected chi connectivity index (χ2v) is 8.58. The number of hydrogen-bond acceptors (Lipinski definition) is 10. The number of allylic oxidation sites excluding steroid dienone is 1. The molecule has 0 bridgehead atoms. The molecule has 3 aromatic heterocycles. The highest BCUT2D eigenvalue weighted by atomic mass is 79.9. The van der Waals surface area contributed by atoms with Gasteiger partial charge in [-0.2, -0.15) is 10.1 Å². The highest BCUT2D eigenvalue weighted by Gasteiger charge is 2.33. The average molecular weight is 514 g/mol. The molecule has 4 heterocycles. The summed E-state index contributed by atoms with van der Waals surface area (Å²) in [5.41, 5.74) is 4.52. The van der Waals surface area contributed by atoms with Gasteiger partial charge in [-0.1, -0.05) is 23.5 Å².